The Balaban J connectivity index is 1.99. The summed E-state index contributed by atoms with van der Waals surface area (Å²) in [6.45, 7) is 9.42. The van der Waals surface area contributed by atoms with E-state index in [9.17, 15) is 4.79 Å². The fraction of sp³-hybridized carbons (Fsp3) is 0.333. The van der Waals surface area contributed by atoms with Gasteiger partial charge < -0.3 is 4.90 Å². The zero-order chi connectivity index (χ0) is 20.1. The molecule has 0 unspecified atom stereocenters. The number of carbonyl (C=O) groups excluding carboxylic acids is 1. The van der Waals surface area contributed by atoms with Crippen molar-refractivity contribution < 1.29 is 4.79 Å². The molecule has 0 aliphatic carbocycles. The van der Waals surface area contributed by atoms with Crippen molar-refractivity contribution in [2.45, 2.75) is 38.1 Å². The summed E-state index contributed by atoms with van der Waals surface area (Å²) in [4.78, 5) is 15.1. The molecule has 0 saturated carbocycles. The van der Waals surface area contributed by atoms with Crippen LogP contribution in [-0.4, -0.2) is 44.1 Å². The maximum absolute atomic E-state index is 13.2. The third-order valence-corrected chi connectivity index (χ3v) is 5.82. The lowest BCUT2D eigenvalue weighted by atomic mass is 10.1. The van der Waals surface area contributed by atoms with E-state index < -0.39 is 5.25 Å². The summed E-state index contributed by atoms with van der Waals surface area (Å²) in [5.74, 6) is 0.0661. The summed E-state index contributed by atoms with van der Waals surface area (Å²) in [6.07, 6.45) is 0. The van der Waals surface area contributed by atoms with E-state index in [1.54, 1.807) is 4.68 Å². The largest absolute Gasteiger partial charge is 0.342 e. The third-order valence-electron chi connectivity index (χ3n) is 4.65. The molecule has 6 nitrogen and oxygen atoms in total. The maximum atomic E-state index is 13.2. The van der Waals surface area contributed by atoms with Crippen LogP contribution in [-0.2, 0) is 4.79 Å². The summed E-state index contributed by atoms with van der Waals surface area (Å²) in [5.41, 5.74) is 4.13. The molecule has 1 amide bonds. The van der Waals surface area contributed by atoms with Crippen molar-refractivity contribution in [2.75, 3.05) is 13.1 Å². The number of hydrogen-bond donors (Lipinski definition) is 0. The highest BCUT2D eigenvalue weighted by Gasteiger charge is 2.28. The van der Waals surface area contributed by atoms with Crippen LogP contribution in [0.5, 0.6) is 0 Å². The van der Waals surface area contributed by atoms with Crippen molar-refractivity contribution in [3.05, 3.63) is 65.2 Å². The highest BCUT2D eigenvalue weighted by Crippen LogP contribution is 2.36. The average molecular weight is 396 g/mol. The van der Waals surface area contributed by atoms with Gasteiger partial charge in [0.15, 0.2) is 0 Å². The second-order valence-corrected chi connectivity index (χ2v) is 7.65. The Hall–Kier alpha value is -2.67. The first kappa shape index (κ1) is 20.1. The SMILES string of the molecule is CCN(CC)C(=O)[C@H](Sc1nnnn1-c1ccc(C)cc1C)c1ccccc1. The molecule has 3 aromatic rings. The van der Waals surface area contributed by atoms with E-state index in [1.165, 1.54) is 17.3 Å². The number of likely N-dealkylation sites (N-methyl/N-ethyl adjacent to an activating group) is 1. The number of aromatic nitrogens is 4. The summed E-state index contributed by atoms with van der Waals surface area (Å²) in [6, 6.07) is 15.9. The molecular weight excluding hydrogens is 370 g/mol. The third kappa shape index (κ3) is 4.25. The van der Waals surface area contributed by atoms with Crippen molar-refractivity contribution in [3.8, 4) is 5.69 Å². The van der Waals surface area contributed by atoms with Crippen LogP contribution < -0.4 is 0 Å². The van der Waals surface area contributed by atoms with Crippen molar-refractivity contribution in [1.29, 1.82) is 0 Å². The summed E-state index contributed by atoms with van der Waals surface area (Å²) in [7, 11) is 0. The molecule has 146 valence electrons. The van der Waals surface area contributed by atoms with E-state index in [4.69, 9.17) is 0 Å². The predicted octanol–water partition coefficient (Wildman–Crippen LogP) is 3.98. The van der Waals surface area contributed by atoms with Gasteiger partial charge in [-0.05, 0) is 55.3 Å². The number of rotatable bonds is 7. The number of carbonyl (C=O) groups is 1. The second-order valence-electron chi connectivity index (χ2n) is 6.58. The Morgan fingerprint density at radius 2 is 1.82 bits per heavy atom. The quantitative estimate of drug-likeness (QED) is 0.566. The van der Waals surface area contributed by atoms with Gasteiger partial charge >= 0.3 is 0 Å². The lowest BCUT2D eigenvalue weighted by molar-refractivity contribution is -0.130. The van der Waals surface area contributed by atoms with E-state index in [1.807, 2.05) is 68.1 Å². The zero-order valence-corrected chi connectivity index (χ0v) is 17.5. The first-order chi connectivity index (χ1) is 13.5. The van der Waals surface area contributed by atoms with Gasteiger partial charge in [-0.15, -0.1) is 5.10 Å². The predicted molar refractivity (Wildman–Crippen MR) is 112 cm³/mol. The average Bonchev–Trinajstić information content (AvgIpc) is 3.15. The number of benzene rings is 2. The fourth-order valence-electron chi connectivity index (χ4n) is 3.14. The number of thioether (sulfide) groups is 1. The van der Waals surface area contributed by atoms with Gasteiger partial charge in [0.1, 0.15) is 5.25 Å². The molecule has 3 rings (SSSR count). The van der Waals surface area contributed by atoms with Crippen LogP contribution in [0.2, 0.25) is 0 Å². The van der Waals surface area contributed by atoms with E-state index in [0.29, 0.717) is 18.2 Å². The van der Waals surface area contributed by atoms with Crippen LogP contribution in [0.4, 0.5) is 0 Å². The molecule has 0 aliphatic rings. The van der Waals surface area contributed by atoms with Gasteiger partial charge in [-0.3, -0.25) is 4.79 Å². The number of hydrogen-bond acceptors (Lipinski definition) is 5. The normalized spacial score (nSPS) is 12.0. The molecule has 1 atom stereocenters. The topological polar surface area (TPSA) is 63.9 Å². The number of nitrogens with zero attached hydrogens (tertiary/aromatic N) is 5. The van der Waals surface area contributed by atoms with Crippen LogP contribution in [0.25, 0.3) is 5.69 Å². The molecule has 1 aromatic heterocycles. The molecule has 0 radical (unpaired) electrons. The molecule has 0 saturated heterocycles. The molecule has 1 heterocycles. The minimum absolute atomic E-state index is 0.0661. The van der Waals surface area contributed by atoms with Crippen molar-refractivity contribution in [1.82, 2.24) is 25.1 Å². The molecular formula is C21H25N5OS. The van der Waals surface area contributed by atoms with Gasteiger partial charge in [-0.25, -0.2) is 0 Å². The van der Waals surface area contributed by atoms with Gasteiger partial charge in [-0.2, -0.15) is 4.68 Å². The first-order valence-corrected chi connectivity index (χ1v) is 10.3. The number of tetrazole rings is 1. The van der Waals surface area contributed by atoms with Crippen LogP contribution >= 0.6 is 11.8 Å². The summed E-state index contributed by atoms with van der Waals surface area (Å²) in [5, 5.41) is 12.4. The highest BCUT2D eigenvalue weighted by molar-refractivity contribution is 8.00. The Bertz CT molecular complexity index is 937. The lowest BCUT2D eigenvalue weighted by Gasteiger charge is -2.24. The monoisotopic (exact) mass is 395 g/mol. The Kier molecular flexibility index (Phi) is 6.46. The van der Waals surface area contributed by atoms with Crippen LogP contribution in [0.15, 0.2) is 53.7 Å². The van der Waals surface area contributed by atoms with Crippen molar-refractivity contribution in [3.63, 3.8) is 0 Å². The molecule has 0 bridgehead atoms. The summed E-state index contributed by atoms with van der Waals surface area (Å²) < 4.78 is 1.71. The standard InChI is InChI=1S/C21H25N5OS/c1-5-25(6-2)20(27)19(17-10-8-7-9-11-17)28-21-22-23-24-26(21)18-13-12-15(3)14-16(18)4/h7-14,19H,5-6H2,1-4H3/t19-/m1/s1. The number of aryl methyl sites for hydroxylation is 2. The molecule has 0 spiro atoms. The lowest BCUT2D eigenvalue weighted by Crippen LogP contribution is -2.34. The maximum Gasteiger partial charge on any atom is 0.240 e. The van der Waals surface area contributed by atoms with E-state index in [0.717, 1.165) is 16.8 Å². The second kappa shape index (κ2) is 9.01. The molecule has 7 heteroatoms. The molecule has 0 fully saturated rings. The smallest absolute Gasteiger partial charge is 0.240 e. The van der Waals surface area contributed by atoms with E-state index in [-0.39, 0.29) is 5.91 Å². The minimum atomic E-state index is -0.406. The number of amides is 1. The van der Waals surface area contributed by atoms with E-state index in [2.05, 4.69) is 28.5 Å². The van der Waals surface area contributed by atoms with Gasteiger partial charge in [0.05, 0.1) is 5.69 Å². The first-order valence-electron chi connectivity index (χ1n) is 9.41. The van der Waals surface area contributed by atoms with Gasteiger partial charge in [0.25, 0.3) is 0 Å². The Labute approximate surface area is 169 Å². The zero-order valence-electron chi connectivity index (χ0n) is 16.7. The molecule has 2 aromatic carbocycles. The fourth-order valence-corrected chi connectivity index (χ4v) is 4.21. The van der Waals surface area contributed by atoms with Gasteiger partial charge in [0.2, 0.25) is 11.1 Å². The highest BCUT2D eigenvalue weighted by atomic mass is 32.2. The molecule has 28 heavy (non-hydrogen) atoms. The molecule has 0 aliphatic heterocycles. The summed E-state index contributed by atoms with van der Waals surface area (Å²) >= 11 is 1.39. The van der Waals surface area contributed by atoms with Crippen LogP contribution in [0, 0.1) is 13.8 Å². The van der Waals surface area contributed by atoms with Crippen molar-refractivity contribution >= 4 is 17.7 Å². The Morgan fingerprint density at radius 3 is 2.46 bits per heavy atom. The Morgan fingerprint density at radius 1 is 1.11 bits per heavy atom. The van der Waals surface area contributed by atoms with Gasteiger partial charge in [0, 0.05) is 13.1 Å². The van der Waals surface area contributed by atoms with Crippen LogP contribution in [0.3, 0.4) is 0 Å². The van der Waals surface area contributed by atoms with Gasteiger partial charge in [-0.1, -0.05) is 59.8 Å². The van der Waals surface area contributed by atoms with E-state index >= 15 is 0 Å². The van der Waals surface area contributed by atoms with Crippen molar-refractivity contribution in [2.24, 2.45) is 0 Å². The van der Waals surface area contributed by atoms with Crippen LogP contribution in [0.1, 0.15) is 35.8 Å². The minimum Gasteiger partial charge on any atom is -0.342 e. The molecule has 0 N–H and O–H groups in total.